The summed E-state index contributed by atoms with van der Waals surface area (Å²) in [4.78, 5) is 11.0. The van der Waals surface area contributed by atoms with Gasteiger partial charge in [-0.15, -0.1) is 0 Å². The van der Waals surface area contributed by atoms with Crippen LogP contribution in [0.1, 0.15) is 22.8 Å². The van der Waals surface area contributed by atoms with E-state index < -0.39 is 5.91 Å². The normalized spacial score (nSPS) is 10.6. The Morgan fingerprint density at radius 1 is 1.47 bits per heavy atom. The molecule has 1 heterocycles. The van der Waals surface area contributed by atoms with Gasteiger partial charge in [0.2, 0.25) is 0 Å². The van der Waals surface area contributed by atoms with E-state index in [9.17, 15) is 9.18 Å². The summed E-state index contributed by atoms with van der Waals surface area (Å²) < 4.78 is 15.0. The summed E-state index contributed by atoms with van der Waals surface area (Å²) in [6.07, 6.45) is 2.84. The maximum absolute atomic E-state index is 13.5. The zero-order chi connectivity index (χ0) is 13.8. The molecule has 2 aromatic rings. The first-order chi connectivity index (χ1) is 9.10. The third-order valence-electron chi connectivity index (χ3n) is 2.65. The molecule has 0 aliphatic rings. The van der Waals surface area contributed by atoms with Crippen LogP contribution in [-0.2, 0) is 6.54 Å². The summed E-state index contributed by atoms with van der Waals surface area (Å²) in [6, 6.07) is 4.63. The molecule has 0 saturated carbocycles. The van der Waals surface area contributed by atoms with Crippen molar-refractivity contribution < 1.29 is 9.18 Å². The molecule has 1 amide bonds. The van der Waals surface area contributed by atoms with Crippen LogP contribution in [0.3, 0.4) is 0 Å². The Kier molecular flexibility index (Phi) is 3.91. The Hall–Kier alpha value is -2.21. The van der Waals surface area contributed by atoms with E-state index in [0.717, 1.165) is 12.1 Å². The van der Waals surface area contributed by atoms with E-state index in [0.29, 0.717) is 12.2 Å². The minimum absolute atomic E-state index is 0.289. The smallest absolute Gasteiger partial charge is 0.251 e. The molecule has 0 saturated heterocycles. The minimum atomic E-state index is -0.560. The van der Waals surface area contributed by atoms with Gasteiger partial charge in [0.15, 0.2) is 0 Å². The Balaban J connectivity index is 2.32. The third-order valence-corrected chi connectivity index (χ3v) is 2.65. The molecule has 19 heavy (non-hydrogen) atoms. The highest BCUT2D eigenvalue weighted by atomic mass is 19.1. The lowest BCUT2D eigenvalue weighted by molar-refractivity contribution is 0.100. The van der Waals surface area contributed by atoms with Gasteiger partial charge in [-0.25, -0.2) is 9.07 Å². The van der Waals surface area contributed by atoms with Gasteiger partial charge in [0.05, 0.1) is 17.4 Å². The summed E-state index contributed by atoms with van der Waals surface area (Å²) >= 11 is 0. The number of benzene rings is 1. The van der Waals surface area contributed by atoms with Gasteiger partial charge in [-0.3, -0.25) is 4.79 Å². The predicted octanol–water partition coefficient (Wildman–Crippen LogP) is 1.22. The van der Waals surface area contributed by atoms with Crippen LogP contribution in [0.4, 0.5) is 4.39 Å². The van der Waals surface area contributed by atoms with E-state index >= 15 is 0 Å². The molecule has 100 valence electrons. The van der Waals surface area contributed by atoms with Crippen LogP contribution in [0.15, 0.2) is 30.6 Å². The number of halogens is 1. The average molecular weight is 262 g/mol. The number of primary amides is 1. The molecule has 6 heteroatoms. The fraction of sp³-hybridized carbons (Fsp3) is 0.231. The number of amides is 1. The number of carbonyl (C=O) groups is 1. The molecule has 0 spiro atoms. The highest BCUT2D eigenvalue weighted by Gasteiger charge is 2.07. The summed E-state index contributed by atoms with van der Waals surface area (Å²) in [5, 5.41) is 7.12. The molecular weight excluding hydrogens is 247 g/mol. The lowest BCUT2D eigenvalue weighted by atomic mass is 10.2. The van der Waals surface area contributed by atoms with Crippen molar-refractivity contribution in [3.05, 3.63) is 47.5 Å². The average Bonchev–Trinajstić information content (AvgIpc) is 2.85. The summed E-state index contributed by atoms with van der Waals surface area (Å²) in [5.74, 6) is -0.906. The zero-order valence-corrected chi connectivity index (χ0v) is 10.6. The molecule has 0 unspecified atom stereocenters. The van der Waals surface area contributed by atoms with Gasteiger partial charge in [-0.1, -0.05) is 6.92 Å². The monoisotopic (exact) mass is 262 g/mol. The van der Waals surface area contributed by atoms with Gasteiger partial charge in [-0.2, -0.15) is 5.10 Å². The first-order valence-electron chi connectivity index (χ1n) is 5.95. The fourth-order valence-corrected chi connectivity index (χ4v) is 1.73. The van der Waals surface area contributed by atoms with E-state index in [-0.39, 0.29) is 11.4 Å². The quantitative estimate of drug-likeness (QED) is 0.851. The highest BCUT2D eigenvalue weighted by Crippen LogP contribution is 2.14. The van der Waals surface area contributed by atoms with Gasteiger partial charge in [-0.05, 0) is 30.3 Å². The Morgan fingerprint density at radius 3 is 2.89 bits per heavy atom. The van der Waals surface area contributed by atoms with Crippen molar-refractivity contribution in [1.82, 2.24) is 15.1 Å². The first kappa shape index (κ1) is 13.2. The maximum Gasteiger partial charge on any atom is 0.251 e. The molecule has 0 aliphatic carbocycles. The number of nitrogens with one attached hydrogen (secondary N) is 1. The van der Waals surface area contributed by atoms with E-state index in [1.807, 2.05) is 13.0 Å². The molecule has 0 atom stereocenters. The number of nitrogens with two attached hydrogens (primary N) is 1. The van der Waals surface area contributed by atoms with Crippen LogP contribution in [-0.4, -0.2) is 22.2 Å². The van der Waals surface area contributed by atoms with E-state index in [4.69, 9.17) is 5.73 Å². The molecular formula is C13H15FN4O. The van der Waals surface area contributed by atoms with Gasteiger partial charge < -0.3 is 11.1 Å². The van der Waals surface area contributed by atoms with Crippen molar-refractivity contribution in [1.29, 1.82) is 0 Å². The molecule has 0 bridgehead atoms. The van der Waals surface area contributed by atoms with Gasteiger partial charge in [0.1, 0.15) is 5.82 Å². The van der Waals surface area contributed by atoms with Crippen LogP contribution < -0.4 is 11.1 Å². The lowest BCUT2D eigenvalue weighted by Crippen LogP contribution is -2.12. The zero-order valence-electron chi connectivity index (χ0n) is 10.6. The Morgan fingerprint density at radius 2 is 2.26 bits per heavy atom. The van der Waals surface area contributed by atoms with E-state index in [2.05, 4.69) is 10.4 Å². The minimum Gasteiger partial charge on any atom is -0.366 e. The molecule has 1 aromatic heterocycles. The van der Waals surface area contributed by atoms with Crippen molar-refractivity contribution in [3.8, 4) is 5.69 Å². The van der Waals surface area contributed by atoms with Crippen molar-refractivity contribution in [2.45, 2.75) is 13.5 Å². The Bertz CT molecular complexity index is 594. The first-order valence-corrected chi connectivity index (χ1v) is 5.95. The second-order valence-electron chi connectivity index (χ2n) is 4.14. The molecule has 5 nitrogen and oxygen atoms in total. The topological polar surface area (TPSA) is 72.9 Å². The number of hydrogen-bond donors (Lipinski definition) is 2. The van der Waals surface area contributed by atoms with Crippen LogP contribution in [0.2, 0.25) is 0 Å². The van der Waals surface area contributed by atoms with Crippen molar-refractivity contribution in [3.63, 3.8) is 0 Å². The predicted molar refractivity (Wildman–Crippen MR) is 69.4 cm³/mol. The number of rotatable bonds is 5. The molecule has 2 rings (SSSR count). The summed E-state index contributed by atoms with van der Waals surface area (Å²) in [7, 11) is 0. The van der Waals surface area contributed by atoms with Gasteiger partial charge >= 0.3 is 0 Å². The van der Waals surface area contributed by atoms with Crippen LogP contribution in [0.5, 0.6) is 0 Å². The van der Waals surface area contributed by atoms with E-state index in [1.54, 1.807) is 0 Å². The standard InChI is InChI=1S/C13H15FN4O/c1-2-16-6-9-3-11(14)5-12(4-9)18-8-10(7-17-18)13(15)19/h3-5,7-8,16H,2,6H2,1H3,(H2,15,19). The highest BCUT2D eigenvalue weighted by molar-refractivity contribution is 5.92. The second kappa shape index (κ2) is 5.62. The number of carbonyl (C=O) groups excluding carboxylic acids is 1. The number of nitrogens with zero attached hydrogens (tertiary/aromatic N) is 2. The third kappa shape index (κ3) is 3.17. The molecule has 0 radical (unpaired) electrons. The maximum atomic E-state index is 13.5. The lowest BCUT2D eigenvalue weighted by Gasteiger charge is -2.06. The van der Waals surface area contributed by atoms with Crippen LogP contribution >= 0.6 is 0 Å². The van der Waals surface area contributed by atoms with Gasteiger partial charge in [0.25, 0.3) is 5.91 Å². The molecule has 3 N–H and O–H groups in total. The van der Waals surface area contributed by atoms with Crippen LogP contribution in [0, 0.1) is 5.82 Å². The largest absolute Gasteiger partial charge is 0.366 e. The number of hydrogen-bond acceptors (Lipinski definition) is 3. The number of aromatic nitrogens is 2. The van der Waals surface area contributed by atoms with Crippen molar-refractivity contribution in [2.75, 3.05) is 6.54 Å². The molecule has 1 aromatic carbocycles. The SMILES string of the molecule is CCNCc1cc(F)cc(-n2cc(C(N)=O)cn2)c1. The molecule has 0 fully saturated rings. The van der Waals surface area contributed by atoms with Crippen molar-refractivity contribution in [2.24, 2.45) is 5.73 Å². The second-order valence-corrected chi connectivity index (χ2v) is 4.14. The van der Waals surface area contributed by atoms with Gasteiger partial charge in [0, 0.05) is 12.7 Å². The summed E-state index contributed by atoms with van der Waals surface area (Å²) in [5.41, 5.74) is 6.81. The van der Waals surface area contributed by atoms with E-state index in [1.165, 1.54) is 29.2 Å². The van der Waals surface area contributed by atoms with Crippen molar-refractivity contribution >= 4 is 5.91 Å². The fourth-order valence-electron chi connectivity index (χ4n) is 1.73. The molecule has 0 aliphatic heterocycles. The Labute approximate surface area is 110 Å². The van der Waals surface area contributed by atoms with Crippen LogP contribution in [0.25, 0.3) is 5.69 Å². The summed E-state index contributed by atoms with van der Waals surface area (Å²) in [6.45, 7) is 3.36.